The molecule has 0 aliphatic carbocycles. The van der Waals surface area contributed by atoms with Crippen LogP contribution in [0.25, 0.3) is 0 Å². The van der Waals surface area contributed by atoms with Gasteiger partial charge in [-0.05, 0) is 6.42 Å². The van der Waals surface area contributed by atoms with Crippen molar-refractivity contribution in [2.45, 2.75) is 25.4 Å². The van der Waals surface area contributed by atoms with Crippen molar-refractivity contribution in [3.05, 3.63) is 10.1 Å². The lowest BCUT2D eigenvalue weighted by atomic mass is 10.1. The van der Waals surface area contributed by atoms with E-state index in [0.29, 0.717) is 0 Å². The molecule has 0 amide bonds. The fourth-order valence-electron chi connectivity index (χ4n) is 0.785. The Balaban J connectivity index is 3.45. The van der Waals surface area contributed by atoms with E-state index in [1.165, 1.54) is 7.11 Å². The van der Waals surface area contributed by atoms with Crippen LogP contribution in [0, 0.1) is 10.1 Å². The number of methoxy groups -OCH3 is 1. The van der Waals surface area contributed by atoms with Gasteiger partial charge in [-0.1, -0.05) is 0 Å². The number of carbonyl (C=O) groups excluding carboxylic acids is 1. The summed E-state index contributed by atoms with van der Waals surface area (Å²) in [5, 5.41) is 19.0. The molecule has 0 saturated carbocycles. The van der Waals surface area contributed by atoms with Gasteiger partial charge in [-0.3, -0.25) is 14.9 Å². The van der Waals surface area contributed by atoms with E-state index in [9.17, 15) is 14.9 Å². The molecule has 0 aliphatic heterocycles. The molecule has 0 spiro atoms. The lowest BCUT2D eigenvalue weighted by Gasteiger charge is -2.05. The Morgan fingerprint density at radius 3 is 2.69 bits per heavy atom. The molecule has 1 unspecified atom stereocenters. The molecule has 13 heavy (non-hydrogen) atoms. The number of rotatable bonds is 6. The molecular formula is C7H13NO5. The maximum absolute atomic E-state index is 10.6. The number of hydrogen-bond acceptors (Lipinski definition) is 5. The van der Waals surface area contributed by atoms with Gasteiger partial charge in [-0.15, -0.1) is 0 Å². The monoisotopic (exact) mass is 191 g/mol. The van der Waals surface area contributed by atoms with Crippen LogP contribution in [-0.4, -0.2) is 35.8 Å². The van der Waals surface area contributed by atoms with Crippen molar-refractivity contribution in [2.24, 2.45) is 0 Å². The van der Waals surface area contributed by atoms with E-state index in [4.69, 9.17) is 5.11 Å². The minimum Gasteiger partial charge on any atom is -0.469 e. The summed E-state index contributed by atoms with van der Waals surface area (Å²) >= 11 is 0. The van der Waals surface area contributed by atoms with Gasteiger partial charge < -0.3 is 9.84 Å². The number of esters is 1. The Hall–Kier alpha value is -1.17. The Kier molecular flexibility index (Phi) is 5.79. The predicted molar refractivity (Wildman–Crippen MR) is 43.7 cm³/mol. The van der Waals surface area contributed by atoms with Crippen LogP contribution in [0.15, 0.2) is 0 Å². The average molecular weight is 191 g/mol. The topological polar surface area (TPSA) is 89.7 Å². The van der Waals surface area contributed by atoms with Crippen LogP contribution in [-0.2, 0) is 9.53 Å². The van der Waals surface area contributed by atoms with Crippen molar-refractivity contribution >= 4 is 5.97 Å². The molecule has 1 N–H and O–H groups in total. The van der Waals surface area contributed by atoms with Crippen LogP contribution in [0.5, 0.6) is 0 Å². The highest BCUT2D eigenvalue weighted by Crippen LogP contribution is 2.02. The van der Waals surface area contributed by atoms with Gasteiger partial charge in [-0.25, -0.2) is 0 Å². The molecule has 0 radical (unpaired) electrons. The lowest BCUT2D eigenvalue weighted by molar-refractivity contribution is -0.482. The molecule has 0 bridgehead atoms. The largest absolute Gasteiger partial charge is 0.469 e. The Morgan fingerprint density at radius 1 is 1.62 bits per heavy atom. The molecule has 6 heteroatoms. The zero-order valence-electron chi connectivity index (χ0n) is 7.43. The quantitative estimate of drug-likeness (QED) is 0.361. The van der Waals surface area contributed by atoms with E-state index < -0.39 is 17.0 Å². The maximum Gasteiger partial charge on any atom is 0.305 e. The minimum atomic E-state index is -0.801. The summed E-state index contributed by atoms with van der Waals surface area (Å²) < 4.78 is 4.34. The van der Waals surface area contributed by atoms with E-state index in [0.717, 1.165) is 0 Å². The van der Waals surface area contributed by atoms with Gasteiger partial charge in [0.1, 0.15) is 0 Å². The number of aliphatic hydroxyl groups is 1. The van der Waals surface area contributed by atoms with Crippen LogP contribution >= 0.6 is 0 Å². The first-order chi connectivity index (χ1) is 6.06. The van der Waals surface area contributed by atoms with Gasteiger partial charge >= 0.3 is 5.97 Å². The summed E-state index contributed by atoms with van der Waals surface area (Å²) in [5.41, 5.74) is 0. The molecule has 0 fully saturated rings. The number of carbonyl (C=O) groups is 1. The molecule has 1 atom stereocenters. The van der Waals surface area contributed by atoms with Gasteiger partial charge in [0.25, 0.3) is 0 Å². The predicted octanol–water partition coefficient (Wildman–Crippen LogP) is -0.0327. The van der Waals surface area contributed by atoms with E-state index in [-0.39, 0.29) is 25.8 Å². The van der Waals surface area contributed by atoms with Crippen molar-refractivity contribution in [2.75, 3.05) is 13.7 Å². The van der Waals surface area contributed by atoms with Gasteiger partial charge in [0.05, 0.1) is 13.2 Å². The second kappa shape index (κ2) is 6.36. The fraction of sp³-hybridized carbons (Fsp3) is 0.857. The molecule has 0 aromatic carbocycles. The second-order valence-corrected chi connectivity index (χ2v) is 2.61. The third kappa shape index (κ3) is 7.20. The Morgan fingerprint density at radius 2 is 2.23 bits per heavy atom. The van der Waals surface area contributed by atoms with E-state index >= 15 is 0 Å². The molecule has 0 aromatic heterocycles. The fourth-order valence-corrected chi connectivity index (χ4v) is 0.785. The Bertz CT molecular complexity index is 182. The minimum absolute atomic E-state index is 0.0734. The first-order valence-electron chi connectivity index (χ1n) is 3.93. The molecule has 0 saturated heterocycles. The number of nitrogens with zero attached hydrogens (tertiary/aromatic N) is 1. The highest BCUT2D eigenvalue weighted by Gasteiger charge is 2.10. The van der Waals surface area contributed by atoms with Crippen LogP contribution in [0.2, 0.25) is 0 Å². The van der Waals surface area contributed by atoms with Crippen LogP contribution in [0.4, 0.5) is 0 Å². The normalized spacial score (nSPS) is 12.2. The highest BCUT2D eigenvalue weighted by atomic mass is 16.6. The maximum atomic E-state index is 10.6. The smallest absolute Gasteiger partial charge is 0.305 e. The van der Waals surface area contributed by atoms with Crippen molar-refractivity contribution in [3.8, 4) is 0 Å². The van der Waals surface area contributed by atoms with Crippen LogP contribution in [0.3, 0.4) is 0 Å². The Labute approximate surface area is 75.7 Å². The van der Waals surface area contributed by atoms with E-state index in [1.54, 1.807) is 0 Å². The molecule has 0 aliphatic rings. The van der Waals surface area contributed by atoms with Crippen molar-refractivity contribution in [1.82, 2.24) is 0 Å². The number of ether oxygens (including phenoxy) is 1. The molecule has 6 nitrogen and oxygen atoms in total. The van der Waals surface area contributed by atoms with Gasteiger partial charge in [-0.2, -0.15) is 0 Å². The molecule has 0 aromatic rings. The van der Waals surface area contributed by atoms with E-state index in [2.05, 4.69) is 4.74 Å². The zero-order chi connectivity index (χ0) is 10.3. The molecular weight excluding hydrogens is 178 g/mol. The van der Waals surface area contributed by atoms with Crippen LogP contribution in [0.1, 0.15) is 19.3 Å². The number of nitro groups is 1. The summed E-state index contributed by atoms with van der Waals surface area (Å²) in [4.78, 5) is 20.0. The van der Waals surface area contributed by atoms with Gasteiger partial charge in [0, 0.05) is 17.8 Å². The van der Waals surface area contributed by atoms with Crippen molar-refractivity contribution in [1.29, 1.82) is 0 Å². The van der Waals surface area contributed by atoms with E-state index in [1.807, 2.05) is 0 Å². The van der Waals surface area contributed by atoms with Gasteiger partial charge in [0.2, 0.25) is 6.54 Å². The zero-order valence-corrected chi connectivity index (χ0v) is 7.43. The average Bonchev–Trinajstić information content (AvgIpc) is 2.10. The third-order valence-corrected chi connectivity index (χ3v) is 1.55. The number of aliphatic hydroxyl groups excluding tert-OH is 1. The molecule has 76 valence electrons. The van der Waals surface area contributed by atoms with Crippen molar-refractivity contribution in [3.63, 3.8) is 0 Å². The highest BCUT2D eigenvalue weighted by molar-refractivity contribution is 5.69. The lowest BCUT2D eigenvalue weighted by Crippen LogP contribution is -2.15. The summed E-state index contributed by atoms with van der Waals surface area (Å²) in [5.74, 6) is -0.417. The summed E-state index contributed by atoms with van der Waals surface area (Å²) in [6.07, 6.45) is -0.426. The standard InChI is InChI=1S/C7H13NO5/c1-13-7(10)3-2-6(9)4-5-8(11)12/h6,9H,2-5H2,1H3. The number of hydrogen-bond donors (Lipinski definition) is 1. The SMILES string of the molecule is COC(=O)CCC(O)CC[N+](=O)[O-]. The van der Waals surface area contributed by atoms with Crippen molar-refractivity contribution < 1.29 is 19.6 Å². The van der Waals surface area contributed by atoms with Gasteiger partial charge in [0.15, 0.2) is 0 Å². The molecule has 0 rings (SSSR count). The first-order valence-corrected chi connectivity index (χ1v) is 3.93. The van der Waals surface area contributed by atoms with Crippen LogP contribution < -0.4 is 0 Å². The second-order valence-electron chi connectivity index (χ2n) is 2.61. The first kappa shape index (κ1) is 11.8. The summed E-state index contributed by atoms with van der Waals surface area (Å²) in [6.45, 7) is -0.275. The molecule has 0 heterocycles. The summed E-state index contributed by atoms with van der Waals surface area (Å²) in [6, 6.07) is 0. The summed E-state index contributed by atoms with van der Waals surface area (Å²) in [7, 11) is 1.26. The third-order valence-electron chi connectivity index (χ3n) is 1.55.